The molecule has 1 aromatic carbocycles. The van der Waals surface area contributed by atoms with E-state index < -0.39 is 0 Å². The van der Waals surface area contributed by atoms with Crippen LogP contribution >= 0.6 is 0 Å². The van der Waals surface area contributed by atoms with Crippen LogP contribution in [0, 0.1) is 5.82 Å². The summed E-state index contributed by atoms with van der Waals surface area (Å²) in [6.07, 6.45) is 1.71. The largest absolute Gasteiger partial charge is 0.383 e. The van der Waals surface area contributed by atoms with Gasteiger partial charge in [-0.25, -0.2) is 9.07 Å². The maximum absolute atomic E-state index is 13.5. The Labute approximate surface area is 105 Å². The number of nitrogens with zero attached hydrogens (tertiary/aromatic N) is 3. The first-order chi connectivity index (χ1) is 8.81. The van der Waals surface area contributed by atoms with Crippen molar-refractivity contribution in [2.75, 3.05) is 20.3 Å². The van der Waals surface area contributed by atoms with Crippen molar-refractivity contribution in [1.29, 1.82) is 0 Å². The highest BCUT2D eigenvalue weighted by Crippen LogP contribution is 2.11. The van der Waals surface area contributed by atoms with Gasteiger partial charge in [0.1, 0.15) is 11.5 Å². The van der Waals surface area contributed by atoms with Crippen molar-refractivity contribution in [1.82, 2.24) is 20.3 Å². The molecule has 0 amide bonds. The Bertz CT molecular complexity index is 500. The topological polar surface area (TPSA) is 52.0 Å². The van der Waals surface area contributed by atoms with Crippen LogP contribution < -0.4 is 5.32 Å². The lowest BCUT2D eigenvalue weighted by atomic mass is 10.3. The van der Waals surface area contributed by atoms with Gasteiger partial charge < -0.3 is 10.1 Å². The first-order valence-electron chi connectivity index (χ1n) is 5.67. The average Bonchev–Trinajstić information content (AvgIpc) is 2.84. The number of benzene rings is 1. The van der Waals surface area contributed by atoms with E-state index in [1.807, 2.05) is 0 Å². The van der Waals surface area contributed by atoms with Crippen molar-refractivity contribution in [3.05, 3.63) is 42.0 Å². The van der Waals surface area contributed by atoms with Gasteiger partial charge in [-0.2, -0.15) is 0 Å². The quantitative estimate of drug-likeness (QED) is 0.781. The number of ether oxygens (including phenoxy) is 1. The predicted octanol–water partition coefficient (Wildman–Crippen LogP) is 1.14. The maximum atomic E-state index is 13.5. The zero-order valence-electron chi connectivity index (χ0n) is 10.1. The smallest absolute Gasteiger partial charge is 0.148 e. The van der Waals surface area contributed by atoms with Gasteiger partial charge >= 0.3 is 0 Å². The predicted molar refractivity (Wildman–Crippen MR) is 64.9 cm³/mol. The molecule has 1 aromatic heterocycles. The molecule has 96 valence electrons. The minimum atomic E-state index is -0.318. The summed E-state index contributed by atoms with van der Waals surface area (Å²) >= 11 is 0. The van der Waals surface area contributed by atoms with Crippen LogP contribution in [0.25, 0.3) is 5.69 Å². The summed E-state index contributed by atoms with van der Waals surface area (Å²) in [4.78, 5) is 0. The Morgan fingerprint density at radius 3 is 3.00 bits per heavy atom. The van der Waals surface area contributed by atoms with E-state index in [0.29, 0.717) is 18.8 Å². The lowest BCUT2D eigenvalue weighted by molar-refractivity contribution is 0.199. The second-order valence-electron chi connectivity index (χ2n) is 3.78. The third kappa shape index (κ3) is 3.12. The fraction of sp³-hybridized carbons (Fsp3) is 0.333. The van der Waals surface area contributed by atoms with Crippen LogP contribution in [0.5, 0.6) is 0 Å². The molecule has 0 atom stereocenters. The molecule has 0 spiro atoms. The highest BCUT2D eigenvalue weighted by molar-refractivity contribution is 5.32. The minimum absolute atomic E-state index is 0.318. The Balaban J connectivity index is 2.00. The fourth-order valence-corrected chi connectivity index (χ4v) is 1.53. The van der Waals surface area contributed by atoms with E-state index in [-0.39, 0.29) is 5.82 Å². The molecule has 0 unspecified atom stereocenters. The van der Waals surface area contributed by atoms with Crippen molar-refractivity contribution in [2.24, 2.45) is 0 Å². The molecule has 0 fully saturated rings. The molecule has 0 saturated heterocycles. The van der Waals surface area contributed by atoms with Gasteiger partial charge in [0.05, 0.1) is 18.5 Å². The summed E-state index contributed by atoms with van der Waals surface area (Å²) in [5.41, 5.74) is 1.16. The van der Waals surface area contributed by atoms with Crippen LogP contribution in [0.2, 0.25) is 0 Å². The highest BCUT2D eigenvalue weighted by atomic mass is 19.1. The monoisotopic (exact) mass is 250 g/mol. The van der Waals surface area contributed by atoms with Gasteiger partial charge in [-0.1, -0.05) is 17.3 Å². The van der Waals surface area contributed by atoms with Gasteiger partial charge in [0, 0.05) is 20.2 Å². The summed E-state index contributed by atoms with van der Waals surface area (Å²) in [6.45, 7) is 1.96. The lowest BCUT2D eigenvalue weighted by Gasteiger charge is -2.01. The molecular formula is C12H15FN4O. The number of nitrogens with one attached hydrogen (secondary N) is 1. The SMILES string of the molecule is COCCNCc1cn(-c2ccccc2F)nn1. The molecule has 0 aliphatic heterocycles. The number of methoxy groups -OCH3 is 1. The zero-order valence-corrected chi connectivity index (χ0v) is 10.1. The van der Waals surface area contributed by atoms with E-state index >= 15 is 0 Å². The number of aromatic nitrogens is 3. The molecule has 0 aliphatic carbocycles. The molecule has 18 heavy (non-hydrogen) atoms. The Hall–Kier alpha value is -1.79. The third-order valence-electron chi connectivity index (χ3n) is 2.43. The second kappa shape index (κ2) is 6.23. The molecule has 6 heteroatoms. The van der Waals surface area contributed by atoms with Crippen LogP contribution in [0.1, 0.15) is 5.69 Å². The summed E-state index contributed by atoms with van der Waals surface area (Å²) in [5.74, 6) is -0.318. The van der Waals surface area contributed by atoms with Gasteiger partial charge in [0.2, 0.25) is 0 Å². The zero-order chi connectivity index (χ0) is 12.8. The Kier molecular flexibility index (Phi) is 4.38. The van der Waals surface area contributed by atoms with Crippen LogP contribution in [-0.4, -0.2) is 35.3 Å². The van der Waals surface area contributed by atoms with Crippen molar-refractivity contribution in [3.63, 3.8) is 0 Å². The molecule has 0 aliphatic rings. The van der Waals surface area contributed by atoms with E-state index in [0.717, 1.165) is 12.2 Å². The summed E-state index contributed by atoms with van der Waals surface area (Å²) in [6, 6.07) is 6.46. The van der Waals surface area contributed by atoms with Crippen molar-refractivity contribution >= 4 is 0 Å². The van der Waals surface area contributed by atoms with Crippen molar-refractivity contribution < 1.29 is 9.13 Å². The standard InChI is InChI=1S/C12H15FN4O/c1-18-7-6-14-8-10-9-17(16-15-10)12-5-3-2-4-11(12)13/h2-5,9,14H,6-8H2,1H3. The first kappa shape index (κ1) is 12.7. The van der Waals surface area contributed by atoms with E-state index in [9.17, 15) is 4.39 Å². The van der Waals surface area contributed by atoms with Crippen molar-refractivity contribution in [3.8, 4) is 5.69 Å². The highest BCUT2D eigenvalue weighted by Gasteiger charge is 2.06. The van der Waals surface area contributed by atoms with Gasteiger partial charge in [-0.15, -0.1) is 5.10 Å². The van der Waals surface area contributed by atoms with E-state index in [2.05, 4.69) is 15.6 Å². The van der Waals surface area contributed by atoms with Gasteiger partial charge in [-0.3, -0.25) is 0 Å². The average molecular weight is 250 g/mol. The number of hydrogen-bond donors (Lipinski definition) is 1. The van der Waals surface area contributed by atoms with Gasteiger partial charge in [-0.05, 0) is 12.1 Å². The van der Waals surface area contributed by atoms with Gasteiger partial charge in [0.15, 0.2) is 0 Å². The summed E-state index contributed by atoms with van der Waals surface area (Å²) in [7, 11) is 1.65. The fourth-order valence-electron chi connectivity index (χ4n) is 1.53. The number of hydrogen-bond acceptors (Lipinski definition) is 4. The lowest BCUT2D eigenvalue weighted by Crippen LogP contribution is -2.18. The Morgan fingerprint density at radius 2 is 2.22 bits per heavy atom. The van der Waals surface area contributed by atoms with Gasteiger partial charge in [0.25, 0.3) is 0 Å². The van der Waals surface area contributed by atoms with E-state index in [1.165, 1.54) is 10.7 Å². The third-order valence-corrected chi connectivity index (χ3v) is 2.43. The molecule has 2 aromatic rings. The van der Waals surface area contributed by atoms with Crippen LogP contribution in [0.4, 0.5) is 4.39 Å². The number of rotatable bonds is 6. The molecule has 1 N–H and O–H groups in total. The van der Waals surface area contributed by atoms with E-state index in [1.54, 1.807) is 31.5 Å². The molecule has 0 bridgehead atoms. The van der Waals surface area contributed by atoms with Crippen molar-refractivity contribution in [2.45, 2.75) is 6.54 Å². The number of para-hydroxylation sites is 1. The molecule has 0 radical (unpaired) electrons. The molecule has 5 nitrogen and oxygen atoms in total. The van der Waals surface area contributed by atoms with Crippen LogP contribution in [0.3, 0.4) is 0 Å². The summed E-state index contributed by atoms with van der Waals surface area (Å²) in [5, 5.41) is 11.0. The second-order valence-corrected chi connectivity index (χ2v) is 3.78. The van der Waals surface area contributed by atoms with Crippen LogP contribution in [-0.2, 0) is 11.3 Å². The number of halogens is 1. The molecule has 1 heterocycles. The Morgan fingerprint density at radius 1 is 1.39 bits per heavy atom. The van der Waals surface area contributed by atoms with Crippen LogP contribution in [0.15, 0.2) is 30.5 Å². The maximum Gasteiger partial charge on any atom is 0.148 e. The summed E-state index contributed by atoms with van der Waals surface area (Å²) < 4.78 is 19.9. The normalized spacial score (nSPS) is 10.8. The minimum Gasteiger partial charge on any atom is -0.383 e. The molecule has 2 rings (SSSR count). The molecule has 0 saturated carbocycles. The van der Waals surface area contributed by atoms with E-state index in [4.69, 9.17) is 4.74 Å². The first-order valence-corrected chi connectivity index (χ1v) is 5.67. The molecular weight excluding hydrogens is 235 g/mol.